The fraction of sp³-hybridized carbons (Fsp3) is 0.353. The van der Waals surface area contributed by atoms with Crippen LogP contribution in [-0.4, -0.2) is 85.3 Å². The molecule has 2 aromatic rings. The molecule has 0 unspecified atom stereocenters. The Morgan fingerprint density at radius 2 is 1.59 bits per heavy atom. The van der Waals surface area contributed by atoms with Crippen LogP contribution in [0, 0.1) is 0 Å². The van der Waals surface area contributed by atoms with E-state index in [9.17, 15) is 31.2 Å². The fourth-order valence-corrected chi connectivity index (χ4v) is 3.32. The predicted octanol–water partition coefficient (Wildman–Crippen LogP) is 1.34. The molecule has 0 spiro atoms. The molecule has 0 radical (unpaired) electrons. The number of esters is 1. The molecule has 2 amide bonds. The number of anilines is 1. The van der Waals surface area contributed by atoms with E-state index in [2.05, 4.69) is 19.7 Å². The molecular weight excluding hydrogens is 498 g/mol. The van der Waals surface area contributed by atoms with Crippen molar-refractivity contribution in [3.8, 4) is 11.8 Å². The molecule has 2 N–H and O–H groups in total. The van der Waals surface area contributed by atoms with Crippen molar-refractivity contribution in [1.82, 2.24) is 19.7 Å². The van der Waals surface area contributed by atoms with E-state index in [-0.39, 0.29) is 54.5 Å². The number of amides is 2. The first-order valence-corrected chi connectivity index (χ1v) is 10.5. The molecule has 0 saturated heterocycles. The summed E-state index contributed by atoms with van der Waals surface area (Å²) in [6.07, 6.45) is -5.02. The van der Waals surface area contributed by atoms with Gasteiger partial charge in [-0.15, -0.1) is 0 Å². The van der Waals surface area contributed by atoms with Crippen LogP contribution in [0.1, 0.15) is 29.9 Å². The minimum absolute atomic E-state index is 0. The van der Waals surface area contributed by atoms with Crippen LogP contribution in [0.4, 0.5) is 23.9 Å². The van der Waals surface area contributed by atoms with Gasteiger partial charge >= 0.3 is 47.7 Å². The van der Waals surface area contributed by atoms with Crippen molar-refractivity contribution in [2.45, 2.75) is 25.0 Å². The summed E-state index contributed by atoms with van der Waals surface area (Å²) in [5.41, 5.74) is -2.43. The molecule has 2 heterocycles. The fourth-order valence-electron chi connectivity index (χ4n) is 2.27. The van der Waals surface area contributed by atoms with Gasteiger partial charge in [0, 0.05) is 0 Å². The van der Waals surface area contributed by atoms with Crippen LogP contribution in [-0.2, 0) is 20.9 Å². The number of hydrogen-bond acceptors (Lipinski definition) is 10. The number of hydrogen-bond donors (Lipinski definition) is 2. The first kappa shape index (κ1) is 29.3. The maximum absolute atomic E-state index is 13.0. The molecule has 0 atom stereocenters. The van der Waals surface area contributed by atoms with Crippen molar-refractivity contribution in [2.75, 3.05) is 25.6 Å². The standard InChI is InChI=1S/C17H18F3N5O7S.Na.H/c1-4-31-11-8-12(32-5-2)23-15(22-11)24-16(27)25-33(28,29)13-9(14(26)30-3)6-7-10(21-13)17(18,19)20;;/h6-8H,4-5H2,1-3H3,(H2,22,23,24,25,27);;. The molecule has 182 valence electrons. The number of nitrogens with one attached hydrogen (secondary N) is 2. The van der Waals surface area contributed by atoms with E-state index >= 15 is 0 Å². The Morgan fingerprint density at radius 3 is 2.06 bits per heavy atom. The third-order valence-electron chi connectivity index (χ3n) is 3.53. The van der Waals surface area contributed by atoms with Crippen molar-refractivity contribution in [3.63, 3.8) is 0 Å². The molecule has 0 aliphatic rings. The maximum atomic E-state index is 13.0. The second-order valence-electron chi connectivity index (χ2n) is 5.83. The van der Waals surface area contributed by atoms with Crippen LogP contribution in [0.25, 0.3) is 0 Å². The predicted molar refractivity (Wildman–Crippen MR) is 111 cm³/mol. The van der Waals surface area contributed by atoms with Crippen LogP contribution >= 0.6 is 0 Å². The Bertz CT molecular complexity index is 1120. The number of alkyl halides is 3. The number of nitrogens with zero attached hydrogens (tertiary/aromatic N) is 3. The third-order valence-corrected chi connectivity index (χ3v) is 4.80. The van der Waals surface area contributed by atoms with E-state index in [1.54, 1.807) is 13.8 Å². The molecule has 17 heteroatoms. The van der Waals surface area contributed by atoms with Gasteiger partial charge in [-0.2, -0.15) is 31.6 Å². The number of rotatable bonds is 8. The molecule has 0 saturated carbocycles. The second-order valence-corrected chi connectivity index (χ2v) is 7.43. The number of urea groups is 1. The van der Waals surface area contributed by atoms with E-state index < -0.39 is 50.4 Å². The molecule has 2 rings (SSSR count). The van der Waals surface area contributed by atoms with Crippen LogP contribution in [0.2, 0.25) is 0 Å². The number of pyridine rings is 1. The molecular formula is C17H19F3N5NaO7S. The minimum atomic E-state index is -5.08. The van der Waals surface area contributed by atoms with Crippen molar-refractivity contribution >= 4 is 57.5 Å². The van der Waals surface area contributed by atoms with Crippen LogP contribution in [0.3, 0.4) is 0 Å². The van der Waals surface area contributed by atoms with Crippen molar-refractivity contribution in [1.29, 1.82) is 0 Å². The number of sulfonamides is 1. The van der Waals surface area contributed by atoms with Crippen molar-refractivity contribution in [2.24, 2.45) is 0 Å². The zero-order chi connectivity index (χ0) is 24.8. The van der Waals surface area contributed by atoms with Crippen LogP contribution < -0.4 is 19.5 Å². The molecule has 2 aromatic heterocycles. The summed E-state index contributed by atoms with van der Waals surface area (Å²) in [5.74, 6) is -1.71. The number of carbonyl (C=O) groups excluding carboxylic acids is 2. The van der Waals surface area contributed by atoms with E-state index in [0.717, 1.165) is 7.11 Å². The van der Waals surface area contributed by atoms with E-state index in [0.29, 0.717) is 12.1 Å². The van der Waals surface area contributed by atoms with E-state index in [4.69, 9.17) is 9.47 Å². The molecule has 0 fully saturated rings. The van der Waals surface area contributed by atoms with Gasteiger partial charge in [-0.05, 0) is 26.0 Å². The Hall–Kier alpha value is -2.69. The number of ether oxygens (including phenoxy) is 3. The molecule has 34 heavy (non-hydrogen) atoms. The summed E-state index contributed by atoms with van der Waals surface area (Å²) in [6.45, 7) is 3.74. The number of aromatic nitrogens is 3. The number of carbonyl (C=O) groups is 2. The number of methoxy groups -OCH3 is 1. The van der Waals surface area contributed by atoms with Gasteiger partial charge in [0.25, 0.3) is 10.0 Å². The quantitative estimate of drug-likeness (QED) is 0.386. The summed E-state index contributed by atoms with van der Waals surface area (Å²) < 4.78 is 80.4. The average molecular weight is 517 g/mol. The normalized spacial score (nSPS) is 11.1. The zero-order valence-corrected chi connectivity index (χ0v) is 18.2. The van der Waals surface area contributed by atoms with Crippen LogP contribution in [0.15, 0.2) is 23.2 Å². The third kappa shape index (κ3) is 7.68. The monoisotopic (exact) mass is 517 g/mol. The number of halogens is 3. The van der Waals surface area contributed by atoms with Crippen molar-refractivity contribution in [3.05, 3.63) is 29.5 Å². The second kappa shape index (κ2) is 12.1. The summed E-state index contributed by atoms with van der Waals surface area (Å²) in [5, 5.41) is 0.633. The van der Waals surface area contributed by atoms with Gasteiger partial charge in [-0.1, -0.05) is 0 Å². The SMILES string of the molecule is CCOc1cc(OCC)nc(NC(=O)NS(=O)(=O)c2nc(C(F)(F)F)ccc2C(=O)OC)n1.[NaH]. The van der Waals surface area contributed by atoms with Gasteiger partial charge in [0.05, 0.1) is 32.0 Å². The molecule has 0 aliphatic heterocycles. The van der Waals surface area contributed by atoms with E-state index in [1.807, 2.05) is 5.32 Å². The Kier molecular flexibility index (Phi) is 10.5. The van der Waals surface area contributed by atoms with Crippen LogP contribution in [0.5, 0.6) is 11.8 Å². The van der Waals surface area contributed by atoms with Gasteiger partial charge in [0.2, 0.25) is 17.7 Å². The first-order chi connectivity index (χ1) is 15.4. The average Bonchev–Trinajstić information content (AvgIpc) is 2.72. The summed E-state index contributed by atoms with van der Waals surface area (Å²) >= 11 is 0. The zero-order valence-electron chi connectivity index (χ0n) is 17.4. The summed E-state index contributed by atoms with van der Waals surface area (Å²) in [4.78, 5) is 34.7. The Balaban J connectivity index is 0.00000578. The molecule has 0 aromatic carbocycles. The topological polar surface area (TPSA) is 159 Å². The first-order valence-electron chi connectivity index (χ1n) is 9.06. The summed E-state index contributed by atoms with van der Waals surface area (Å²) in [7, 11) is -4.20. The Labute approximate surface area is 214 Å². The van der Waals surface area contributed by atoms with Gasteiger partial charge < -0.3 is 14.2 Å². The van der Waals surface area contributed by atoms with Gasteiger partial charge in [-0.25, -0.2) is 19.3 Å². The Morgan fingerprint density at radius 1 is 1.03 bits per heavy atom. The molecule has 0 aliphatic carbocycles. The van der Waals surface area contributed by atoms with Gasteiger partial charge in [0.1, 0.15) is 5.69 Å². The van der Waals surface area contributed by atoms with Crippen molar-refractivity contribution < 1.29 is 45.4 Å². The summed E-state index contributed by atoms with van der Waals surface area (Å²) in [6, 6.07) is 0.827. The molecule has 0 bridgehead atoms. The van der Waals surface area contributed by atoms with Gasteiger partial charge in [0.15, 0.2) is 5.03 Å². The molecule has 12 nitrogen and oxygen atoms in total. The van der Waals surface area contributed by atoms with Gasteiger partial charge in [-0.3, -0.25) is 5.32 Å². The van der Waals surface area contributed by atoms with E-state index in [1.165, 1.54) is 10.8 Å².